The van der Waals surface area contributed by atoms with Gasteiger partial charge in [-0.15, -0.1) is 0 Å². The van der Waals surface area contributed by atoms with Gasteiger partial charge in [0.25, 0.3) is 5.91 Å². The van der Waals surface area contributed by atoms with E-state index in [4.69, 9.17) is 0 Å². The normalized spacial score (nSPS) is 24.3. The summed E-state index contributed by atoms with van der Waals surface area (Å²) in [6.45, 7) is 1.45. The fraction of sp³-hybridized carbons (Fsp3) is 0.429. The summed E-state index contributed by atoms with van der Waals surface area (Å²) >= 11 is 0. The van der Waals surface area contributed by atoms with Gasteiger partial charge in [-0.3, -0.25) is 4.79 Å². The monoisotopic (exact) mass is 301 g/mol. The molecular weight excluding hydrogens is 287 g/mol. The van der Waals surface area contributed by atoms with Crippen LogP contribution in [0, 0.1) is 5.92 Å². The summed E-state index contributed by atoms with van der Waals surface area (Å²) in [4.78, 5) is 23.8. The number of carbonyl (C=O) groups is 2. The standard InChI is InChI=1S/C14H14F3NO3/c1-2-21-12(20)13(8-10(13)14(15,16)17)18-11(19)9-6-4-3-5-7-9/h3-7,10H,2,8H2,1H3,(H,18,19)/t10-,13+/m1/s1. The molecule has 1 aromatic carbocycles. The molecule has 0 aliphatic heterocycles. The molecule has 1 aromatic rings. The highest BCUT2D eigenvalue weighted by Gasteiger charge is 2.72. The van der Waals surface area contributed by atoms with E-state index < -0.39 is 35.9 Å². The van der Waals surface area contributed by atoms with Gasteiger partial charge in [-0.05, 0) is 25.5 Å². The molecule has 1 amide bonds. The fourth-order valence-corrected chi connectivity index (χ4v) is 2.20. The second-order valence-electron chi connectivity index (χ2n) is 4.81. The average Bonchev–Trinajstić information content (AvgIpc) is 3.16. The van der Waals surface area contributed by atoms with Crippen LogP contribution >= 0.6 is 0 Å². The Morgan fingerprint density at radius 3 is 2.43 bits per heavy atom. The number of amides is 1. The highest BCUT2D eigenvalue weighted by atomic mass is 19.4. The fourth-order valence-electron chi connectivity index (χ4n) is 2.20. The van der Waals surface area contributed by atoms with E-state index in [9.17, 15) is 22.8 Å². The third-order valence-corrected chi connectivity index (χ3v) is 3.37. The lowest BCUT2D eigenvalue weighted by Crippen LogP contribution is -2.48. The Balaban J connectivity index is 2.19. The van der Waals surface area contributed by atoms with Crippen LogP contribution in [-0.4, -0.2) is 30.2 Å². The van der Waals surface area contributed by atoms with Gasteiger partial charge in [0.05, 0.1) is 12.5 Å². The van der Waals surface area contributed by atoms with Gasteiger partial charge < -0.3 is 10.1 Å². The van der Waals surface area contributed by atoms with Crippen LogP contribution in [0.5, 0.6) is 0 Å². The first kappa shape index (κ1) is 15.3. The van der Waals surface area contributed by atoms with E-state index in [1.165, 1.54) is 19.1 Å². The molecule has 2 atom stereocenters. The maximum atomic E-state index is 12.8. The van der Waals surface area contributed by atoms with Gasteiger partial charge >= 0.3 is 12.1 Å². The molecule has 1 aliphatic carbocycles. The molecule has 0 aromatic heterocycles. The zero-order chi connectivity index (χ0) is 15.7. The molecule has 1 saturated carbocycles. The summed E-state index contributed by atoms with van der Waals surface area (Å²) in [5.41, 5.74) is -1.81. The van der Waals surface area contributed by atoms with Crippen LogP contribution in [0.2, 0.25) is 0 Å². The van der Waals surface area contributed by atoms with Crippen LogP contribution in [0.15, 0.2) is 30.3 Å². The molecule has 2 rings (SSSR count). The van der Waals surface area contributed by atoms with Gasteiger partial charge in [0.15, 0.2) is 5.54 Å². The number of hydrogen-bond acceptors (Lipinski definition) is 3. The summed E-state index contributed by atoms with van der Waals surface area (Å²) in [5.74, 6) is -3.68. The minimum absolute atomic E-state index is 0.0492. The molecule has 7 heteroatoms. The highest BCUT2D eigenvalue weighted by molar-refractivity contribution is 5.99. The van der Waals surface area contributed by atoms with Crippen molar-refractivity contribution in [3.8, 4) is 0 Å². The number of hydrogen-bond donors (Lipinski definition) is 1. The zero-order valence-electron chi connectivity index (χ0n) is 11.2. The van der Waals surface area contributed by atoms with E-state index >= 15 is 0 Å². The van der Waals surface area contributed by atoms with Crippen molar-refractivity contribution in [2.75, 3.05) is 6.61 Å². The van der Waals surface area contributed by atoms with Gasteiger partial charge in [0.1, 0.15) is 0 Å². The minimum atomic E-state index is -4.56. The third kappa shape index (κ3) is 3.01. The van der Waals surface area contributed by atoms with Crippen molar-refractivity contribution in [3.05, 3.63) is 35.9 Å². The van der Waals surface area contributed by atoms with Crippen molar-refractivity contribution in [1.82, 2.24) is 5.32 Å². The first-order valence-corrected chi connectivity index (χ1v) is 6.42. The van der Waals surface area contributed by atoms with Gasteiger partial charge in [-0.1, -0.05) is 18.2 Å². The Labute approximate surface area is 119 Å². The second kappa shape index (κ2) is 5.38. The molecule has 0 heterocycles. The van der Waals surface area contributed by atoms with Gasteiger partial charge in [-0.25, -0.2) is 4.79 Å². The first-order valence-electron chi connectivity index (χ1n) is 6.42. The van der Waals surface area contributed by atoms with Crippen molar-refractivity contribution in [2.24, 2.45) is 5.92 Å². The predicted molar refractivity (Wildman–Crippen MR) is 67.4 cm³/mol. The van der Waals surface area contributed by atoms with Crippen LogP contribution in [0.3, 0.4) is 0 Å². The summed E-state index contributed by atoms with van der Waals surface area (Å²) < 4.78 is 43.2. The lowest BCUT2D eigenvalue weighted by atomic mass is 10.1. The van der Waals surface area contributed by atoms with Crippen molar-refractivity contribution < 1.29 is 27.5 Å². The number of alkyl halides is 3. The van der Waals surface area contributed by atoms with Crippen molar-refractivity contribution in [3.63, 3.8) is 0 Å². The quantitative estimate of drug-likeness (QED) is 0.868. The summed E-state index contributed by atoms with van der Waals surface area (Å²) in [6, 6.07) is 7.76. The van der Waals surface area contributed by atoms with Crippen LogP contribution in [-0.2, 0) is 9.53 Å². The second-order valence-corrected chi connectivity index (χ2v) is 4.81. The number of carbonyl (C=O) groups excluding carboxylic acids is 2. The number of nitrogens with one attached hydrogen (secondary N) is 1. The minimum Gasteiger partial charge on any atom is -0.464 e. The molecule has 0 saturated heterocycles. The Hall–Kier alpha value is -2.05. The predicted octanol–water partition coefficient (Wildman–Crippen LogP) is 2.30. The Bertz CT molecular complexity index is 544. The maximum absolute atomic E-state index is 12.8. The molecule has 114 valence electrons. The number of ether oxygens (including phenoxy) is 1. The lowest BCUT2D eigenvalue weighted by Gasteiger charge is -2.19. The van der Waals surface area contributed by atoms with Crippen molar-refractivity contribution in [2.45, 2.75) is 25.1 Å². The molecular formula is C14H14F3NO3. The number of rotatable bonds is 4. The molecule has 1 fully saturated rings. The maximum Gasteiger partial charge on any atom is 0.394 e. The van der Waals surface area contributed by atoms with Crippen LogP contribution in [0.25, 0.3) is 0 Å². The largest absolute Gasteiger partial charge is 0.464 e. The molecule has 0 bridgehead atoms. The van der Waals surface area contributed by atoms with Crippen LogP contribution in [0.4, 0.5) is 13.2 Å². The molecule has 0 spiro atoms. The summed E-state index contributed by atoms with van der Waals surface area (Å²) in [5, 5.41) is 2.19. The smallest absolute Gasteiger partial charge is 0.394 e. The molecule has 21 heavy (non-hydrogen) atoms. The first-order chi connectivity index (χ1) is 9.81. The third-order valence-electron chi connectivity index (χ3n) is 3.37. The number of halogens is 3. The van der Waals surface area contributed by atoms with Crippen LogP contribution < -0.4 is 5.32 Å². The summed E-state index contributed by atoms with van der Waals surface area (Å²) in [6.07, 6.45) is -5.05. The van der Waals surface area contributed by atoms with Crippen molar-refractivity contribution >= 4 is 11.9 Å². The van der Waals surface area contributed by atoms with E-state index in [-0.39, 0.29) is 12.2 Å². The van der Waals surface area contributed by atoms with Crippen molar-refractivity contribution in [1.29, 1.82) is 0 Å². The van der Waals surface area contributed by atoms with E-state index in [0.29, 0.717) is 0 Å². The number of esters is 1. The lowest BCUT2D eigenvalue weighted by molar-refractivity contribution is -0.166. The summed E-state index contributed by atoms with van der Waals surface area (Å²) in [7, 11) is 0. The van der Waals surface area contributed by atoms with E-state index in [0.717, 1.165) is 0 Å². The van der Waals surface area contributed by atoms with Crippen LogP contribution in [0.1, 0.15) is 23.7 Å². The Morgan fingerprint density at radius 1 is 1.33 bits per heavy atom. The molecule has 0 unspecified atom stereocenters. The average molecular weight is 301 g/mol. The molecule has 1 aliphatic rings. The van der Waals surface area contributed by atoms with E-state index in [1.54, 1.807) is 18.2 Å². The highest BCUT2D eigenvalue weighted by Crippen LogP contribution is 2.54. The topological polar surface area (TPSA) is 55.4 Å². The zero-order valence-corrected chi connectivity index (χ0v) is 11.2. The molecule has 1 N–H and O–H groups in total. The van der Waals surface area contributed by atoms with E-state index in [1.807, 2.05) is 0 Å². The Morgan fingerprint density at radius 2 is 1.95 bits per heavy atom. The number of benzene rings is 1. The van der Waals surface area contributed by atoms with Gasteiger partial charge in [0.2, 0.25) is 0 Å². The Kier molecular flexibility index (Phi) is 3.93. The van der Waals surface area contributed by atoms with E-state index in [2.05, 4.69) is 10.1 Å². The SMILES string of the molecule is CCOC(=O)[C@]1(NC(=O)c2ccccc2)C[C@H]1C(F)(F)F. The molecule has 4 nitrogen and oxygen atoms in total. The van der Waals surface area contributed by atoms with Gasteiger partial charge in [-0.2, -0.15) is 13.2 Å². The van der Waals surface area contributed by atoms with Gasteiger partial charge in [0, 0.05) is 5.56 Å². The molecule has 0 radical (unpaired) electrons.